The molecular formula is C18H16FN5O. The number of amides is 1. The maximum Gasteiger partial charge on any atom is 0.246 e. The first-order valence-electron chi connectivity index (χ1n) is 7.90. The van der Waals surface area contributed by atoms with Gasteiger partial charge in [-0.1, -0.05) is 12.6 Å². The third kappa shape index (κ3) is 2.73. The van der Waals surface area contributed by atoms with Gasteiger partial charge >= 0.3 is 0 Å². The Hall–Kier alpha value is -3.22. The van der Waals surface area contributed by atoms with Crippen molar-refractivity contribution in [3.8, 4) is 0 Å². The summed E-state index contributed by atoms with van der Waals surface area (Å²) in [5.74, 6) is 0.180. The van der Waals surface area contributed by atoms with Gasteiger partial charge in [0, 0.05) is 19.3 Å². The Morgan fingerprint density at radius 2 is 2.28 bits per heavy atom. The molecule has 1 aliphatic rings. The van der Waals surface area contributed by atoms with E-state index in [0.717, 1.165) is 16.5 Å². The second kappa shape index (κ2) is 6.01. The number of aromatic nitrogens is 3. The first-order valence-corrected chi connectivity index (χ1v) is 7.90. The molecule has 1 atom stereocenters. The molecule has 0 aliphatic carbocycles. The van der Waals surface area contributed by atoms with Crippen LogP contribution in [0.3, 0.4) is 0 Å². The van der Waals surface area contributed by atoms with Gasteiger partial charge in [0.2, 0.25) is 5.91 Å². The first kappa shape index (κ1) is 15.3. The summed E-state index contributed by atoms with van der Waals surface area (Å²) in [5.41, 5.74) is 2.45. The molecule has 1 amide bonds. The Bertz CT molecular complexity index is 967. The molecule has 126 valence electrons. The lowest BCUT2D eigenvalue weighted by Gasteiger charge is -2.35. The zero-order valence-electron chi connectivity index (χ0n) is 13.4. The highest BCUT2D eigenvalue weighted by molar-refractivity contribution is 5.88. The van der Waals surface area contributed by atoms with Crippen LogP contribution in [0.25, 0.3) is 11.0 Å². The van der Waals surface area contributed by atoms with Crippen molar-refractivity contribution in [1.82, 2.24) is 19.9 Å². The third-order valence-corrected chi connectivity index (χ3v) is 4.40. The van der Waals surface area contributed by atoms with E-state index in [-0.39, 0.29) is 17.8 Å². The minimum atomic E-state index is -0.302. The Morgan fingerprint density at radius 1 is 1.40 bits per heavy atom. The van der Waals surface area contributed by atoms with Crippen molar-refractivity contribution in [1.29, 1.82) is 0 Å². The van der Waals surface area contributed by atoms with Gasteiger partial charge in [-0.05, 0) is 35.4 Å². The van der Waals surface area contributed by atoms with Crippen LogP contribution in [0.15, 0.2) is 49.4 Å². The van der Waals surface area contributed by atoms with Crippen molar-refractivity contribution in [2.24, 2.45) is 0 Å². The summed E-state index contributed by atoms with van der Waals surface area (Å²) in [6, 6.07) is 6.23. The molecule has 0 saturated heterocycles. The van der Waals surface area contributed by atoms with Gasteiger partial charge in [-0.25, -0.2) is 14.4 Å². The second-order valence-corrected chi connectivity index (χ2v) is 5.93. The molecule has 0 bridgehead atoms. The van der Waals surface area contributed by atoms with Gasteiger partial charge in [0.1, 0.15) is 23.6 Å². The van der Waals surface area contributed by atoms with Crippen LogP contribution >= 0.6 is 0 Å². The number of H-pyrrole nitrogens is 1. The van der Waals surface area contributed by atoms with Crippen LogP contribution in [0.2, 0.25) is 0 Å². The van der Waals surface area contributed by atoms with E-state index >= 15 is 0 Å². The van der Waals surface area contributed by atoms with Crippen LogP contribution in [0.1, 0.15) is 17.2 Å². The molecule has 6 nitrogen and oxygen atoms in total. The molecule has 0 fully saturated rings. The SMILES string of the molecule is C=CC(=O)N1Cc2ccc(F)cc2C(Nc2ncnc3[nH]ccc23)C1. The monoisotopic (exact) mass is 337 g/mol. The highest BCUT2D eigenvalue weighted by atomic mass is 19.1. The number of nitrogens with zero attached hydrogens (tertiary/aromatic N) is 3. The van der Waals surface area contributed by atoms with Crippen LogP contribution in [-0.4, -0.2) is 32.3 Å². The molecule has 0 spiro atoms. The van der Waals surface area contributed by atoms with Crippen molar-refractivity contribution in [3.05, 3.63) is 66.4 Å². The van der Waals surface area contributed by atoms with Crippen molar-refractivity contribution in [3.63, 3.8) is 0 Å². The van der Waals surface area contributed by atoms with Crippen LogP contribution in [-0.2, 0) is 11.3 Å². The molecule has 25 heavy (non-hydrogen) atoms. The Balaban J connectivity index is 1.74. The molecule has 1 aromatic carbocycles. The molecule has 3 aromatic rings. The summed E-state index contributed by atoms with van der Waals surface area (Å²) >= 11 is 0. The van der Waals surface area contributed by atoms with Gasteiger partial charge in [0.05, 0.1) is 11.4 Å². The predicted octanol–water partition coefficient (Wildman–Crippen LogP) is 2.78. The lowest BCUT2D eigenvalue weighted by atomic mass is 9.95. The number of carbonyl (C=O) groups is 1. The number of anilines is 1. The molecule has 1 unspecified atom stereocenters. The molecule has 2 N–H and O–H groups in total. The number of aromatic amines is 1. The van der Waals surface area contributed by atoms with Crippen molar-refractivity contribution in [2.75, 3.05) is 11.9 Å². The summed E-state index contributed by atoms with van der Waals surface area (Å²) in [6.07, 6.45) is 4.54. The molecular weight excluding hydrogens is 321 g/mol. The number of nitrogens with one attached hydrogen (secondary N) is 2. The molecule has 3 heterocycles. The topological polar surface area (TPSA) is 73.9 Å². The Labute approximate surface area is 143 Å². The van der Waals surface area contributed by atoms with E-state index in [9.17, 15) is 9.18 Å². The average Bonchev–Trinajstić information content (AvgIpc) is 3.11. The van der Waals surface area contributed by atoms with Crippen molar-refractivity contribution >= 4 is 22.8 Å². The average molecular weight is 337 g/mol. The smallest absolute Gasteiger partial charge is 0.246 e. The largest absolute Gasteiger partial charge is 0.361 e. The fraction of sp³-hybridized carbons (Fsp3) is 0.167. The van der Waals surface area contributed by atoms with E-state index in [2.05, 4.69) is 26.8 Å². The van der Waals surface area contributed by atoms with E-state index < -0.39 is 0 Å². The van der Waals surface area contributed by atoms with E-state index in [1.807, 2.05) is 6.07 Å². The van der Waals surface area contributed by atoms with Crippen LogP contribution in [0.5, 0.6) is 0 Å². The van der Waals surface area contributed by atoms with Gasteiger partial charge in [-0.15, -0.1) is 0 Å². The van der Waals surface area contributed by atoms with Gasteiger partial charge < -0.3 is 15.2 Å². The fourth-order valence-electron chi connectivity index (χ4n) is 3.20. The standard InChI is InChI=1S/C18H16FN5O/c1-2-16(25)24-8-11-3-4-12(19)7-14(11)15(9-24)23-18-13-5-6-20-17(13)21-10-22-18/h2-7,10,15H,1,8-9H2,(H2,20,21,22,23). The van der Waals surface area contributed by atoms with Crippen molar-refractivity contribution < 1.29 is 9.18 Å². The lowest BCUT2D eigenvalue weighted by Crippen LogP contribution is -2.39. The van der Waals surface area contributed by atoms with Gasteiger partial charge in [0.25, 0.3) is 0 Å². The maximum absolute atomic E-state index is 13.8. The number of carbonyl (C=O) groups excluding carboxylic acids is 1. The molecule has 1 aliphatic heterocycles. The molecule has 7 heteroatoms. The van der Waals surface area contributed by atoms with Crippen molar-refractivity contribution in [2.45, 2.75) is 12.6 Å². The van der Waals surface area contributed by atoms with Crippen LogP contribution in [0, 0.1) is 5.82 Å². The number of halogens is 1. The Kier molecular flexibility index (Phi) is 3.68. The highest BCUT2D eigenvalue weighted by Gasteiger charge is 2.28. The highest BCUT2D eigenvalue weighted by Crippen LogP contribution is 2.31. The molecule has 0 saturated carbocycles. The van der Waals surface area contributed by atoms with E-state index in [0.29, 0.717) is 24.6 Å². The van der Waals surface area contributed by atoms with Gasteiger partial charge in [0.15, 0.2) is 0 Å². The minimum absolute atomic E-state index is 0.156. The molecule has 4 rings (SSSR count). The van der Waals surface area contributed by atoms with Crippen LogP contribution < -0.4 is 5.32 Å². The minimum Gasteiger partial charge on any atom is -0.361 e. The number of hydrogen-bond donors (Lipinski definition) is 2. The zero-order chi connectivity index (χ0) is 17.4. The van der Waals surface area contributed by atoms with E-state index in [1.54, 1.807) is 17.2 Å². The summed E-state index contributed by atoms with van der Waals surface area (Å²) < 4.78 is 13.8. The van der Waals surface area contributed by atoms with Gasteiger partial charge in [-0.3, -0.25) is 4.79 Å². The molecule has 2 aromatic heterocycles. The number of rotatable bonds is 3. The number of benzene rings is 1. The van der Waals surface area contributed by atoms with Crippen LogP contribution in [0.4, 0.5) is 10.2 Å². The fourth-order valence-corrected chi connectivity index (χ4v) is 3.20. The predicted molar refractivity (Wildman–Crippen MR) is 92.3 cm³/mol. The zero-order valence-corrected chi connectivity index (χ0v) is 13.4. The number of hydrogen-bond acceptors (Lipinski definition) is 4. The summed E-state index contributed by atoms with van der Waals surface area (Å²) in [5, 5.41) is 4.18. The maximum atomic E-state index is 13.8. The third-order valence-electron chi connectivity index (χ3n) is 4.40. The van der Waals surface area contributed by atoms with E-state index in [4.69, 9.17) is 0 Å². The summed E-state index contributed by atoms with van der Waals surface area (Å²) in [4.78, 5) is 25.3. The summed E-state index contributed by atoms with van der Waals surface area (Å²) in [7, 11) is 0. The second-order valence-electron chi connectivity index (χ2n) is 5.93. The van der Waals surface area contributed by atoms with E-state index in [1.165, 1.54) is 24.5 Å². The normalized spacial score (nSPS) is 16.5. The molecule has 0 radical (unpaired) electrons. The quantitative estimate of drug-likeness (QED) is 0.721. The Morgan fingerprint density at radius 3 is 3.12 bits per heavy atom. The summed E-state index contributed by atoms with van der Waals surface area (Å²) in [6.45, 7) is 4.39. The first-order chi connectivity index (χ1) is 12.2. The lowest BCUT2D eigenvalue weighted by molar-refractivity contribution is -0.127. The number of fused-ring (bicyclic) bond motifs is 2. The van der Waals surface area contributed by atoms with Gasteiger partial charge in [-0.2, -0.15) is 0 Å².